The van der Waals surface area contributed by atoms with Crippen molar-refractivity contribution < 1.29 is 14.7 Å². The molecule has 0 radical (unpaired) electrons. The van der Waals surface area contributed by atoms with E-state index in [1.807, 2.05) is 0 Å². The lowest BCUT2D eigenvalue weighted by Gasteiger charge is -2.18. The van der Waals surface area contributed by atoms with Crippen LogP contribution in [0.1, 0.15) is 12.0 Å². The number of halogens is 2. The summed E-state index contributed by atoms with van der Waals surface area (Å²) in [5.41, 5.74) is 0.727. The largest absolute Gasteiger partial charge is 0.481 e. The molecule has 1 aromatic rings. The third-order valence-electron chi connectivity index (χ3n) is 2.40. The number of nitrogens with zero attached hydrogens (tertiary/aromatic N) is 1. The molecule has 0 atom stereocenters. The third-order valence-corrected chi connectivity index (χ3v) is 3.26. The predicted octanol–water partition coefficient (Wildman–Crippen LogP) is 2.61. The normalized spacial score (nSPS) is 10.1. The Morgan fingerprint density at radius 2 is 2.05 bits per heavy atom. The fourth-order valence-electron chi connectivity index (χ4n) is 1.41. The van der Waals surface area contributed by atoms with Gasteiger partial charge in [0.2, 0.25) is 0 Å². The first-order valence-corrected chi connectivity index (χ1v) is 6.31. The van der Waals surface area contributed by atoms with Crippen LogP contribution in [-0.4, -0.2) is 35.6 Å². The van der Waals surface area contributed by atoms with Gasteiger partial charge < -0.3 is 15.3 Å². The summed E-state index contributed by atoms with van der Waals surface area (Å²) in [6, 6.07) is 4.83. The van der Waals surface area contributed by atoms with Crippen LogP contribution in [0.4, 0.5) is 4.79 Å². The second kappa shape index (κ2) is 7.21. The summed E-state index contributed by atoms with van der Waals surface area (Å²) in [6.45, 7) is 0.375. The Bertz CT molecular complexity index is 480. The lowest BCUT2D eigenvalue weighted by atomic mass is 10.2. The number of carboxylic acids is 1. The molecule has 104 valence electrons. The maximum absolute atomic E-state index is 11.7. The van der Waals surface area contributed by atoms with E-state index in [0.29, 0.717) is 10.0 Å². The molecule has 7 heteroatoms. The molecule has 0 unspecified atom stereocenters. The molecule has 0 saturated heterocycles. The second-order valence-electron chi connectivity index (χ2n) is 3.94. The molecule has 0 aliphatic carbocycles. The molecular formula is C12H14Cl2N2O3. The predicted molar refractivity (Wildman–Crippen MR) is 73.6 cm³/mol. The Kier molecular flexibility index (Phi) is 5.92. The van der Waals surface area contributed by atoms with Crippen LogP contribution in [0, 0.1) is 0 Å². The standard InChI is InChI=1S/C12H14Cl2N2O3/c1-16(12(19)15-6-5-10(17)18)7-8-3-2-4-9(13)11(8)14/h2-4H,5-7H2,1H3,(H,15,19)(H,17,18). The highest BCUT2D eigenvalue weighted by atomic mass is 35.5. The fraction of sp³-hybridized carbons (Fsp3) is 0.333. The van der Waals surface area contributed by atoms with Gasteiger partial charge in [-0.25, -0.2) is 4.79 Å². The Morgan fingerprint density at radius 3 is 2.68 bits per heavy atom. The van der Waals surface area contributed by atoms with E-state index in [1.54, 1.807) is 25.2 Å². The maximum atomic E-state index is 11.7. The van der Waals surface area contributed by atoms with Crippen molar-refractivity contribution in [2.45, 2.75) is 13.0 Å². The minimum atomic E-state index is -0.958. The molecule has 19 heavy (non-hydrogen) atoms. The first-order chi connectivity index (χ1) is 8.91. The monoisotopic (exact) mass is 304 g/mol. The van der Waals surface area contributed by atoms with E-state index < -0.39 is 5.97 Å². The van der Waals surface area contributed by atoms with Crippen molar-refractivity contribution in [3.63, 3.8) is 0 Å². The summed E-state index contributed by atoms with van der Waals surface area (Å²) in [5, 5.41) is 11.8. The van der Waals surface area contributed by atoms with E-state index in [9.17, 15) is 9.59 Å². The molecule has 0 aliphatic rings. The topological polar surface area (TPSA) is 69.6 Å². The van der Waals surface area contributed by atoms with E-state index in [2.05, 4.69) is 5.32 Å². The van der Waals surface area contributed by atoms with Crippen LogP contribution >= 0.6 is 23.2 Å². The van der Waals surface area contributed by atoms with Gasteiger partial charge in [-0.15, -0.1) is 0 Å². The van der Waals surface area contributed by atoms with Crippen LogP contribution in [0.25, 0.3) is 0 Å². The number of aliphatic carboxylic acids is 1. The Hall–Kier alpha value is -1.46. The Balaban J connectivity index is 2.54. The van der Waals surface area contributed by atoms with Gasteiger partial charge in [0.15, 0.2) is 0 Å². The van der Waals surface area contributed by atoms with Crippen molar-refractivity contribution in [3.8, 4) is 0 Å². The summed E-state index contributed by atoms with van der Waals surface area (Å²) in [4.78, 5) is 23.4. The average molecular weight is 305 g/mol. The van der Waals surface area contributed by atoms with Crippen molar-refractivity contribution >= 4 is 35.2 Å². The SMILES string of the molecule is CN(Cc1cccc(Cl)c1Cl)C(=O)NCCC(=O)O. The molecule has 0 fully saturated rings. The lowest BCUT2D eigenvalue weighted by molar-refractivity contribution is -0.136. The van der Waals surface area contributed by atoms with Crippen molar-refractivity contribution in [1.82, 2.24) is 10.2 Å². The van der Waals surface area contributed by atoms with Crippen molar-refractivity contribution in [2.24, 2.45) is 0 Å². The quantitative estimate of drug-likeness (QED) is 0.878. The minimum absolute atomic E-state index is 0.0851. The number of urea groups is 1. The zero-order valence-corrected chi connectivity index (χ0v) is 11.8. The highest BCUT2D eigenvalue weighted by Gasteiger charge is 2.12. The van der Waals surface area contributed by atoms with Crippen molar-refractivity contribution in [1.29, 1.82) is 0 Å². The summed E-state index contributed by atoms with van der Waals surface area (Å²) in [5.74, 6) is -0.958. The van der Waals surface area contributed by atoms with Gasteiger partial charge in [0, 0.05) is 20.1 Å². The van der Waals surface area contributed by atoms with E-state index in [1.165, 1.54) is 4.90 Å². The van der Waals surface area contributed by atoms with Crippen LogP contribution in [0.2, 0.25) is 10.0 Å². The van der Waals surface area contributed by atoms with Crippen LogP contribution in [0.5, 0.6) is 0 Å². The lowest BCUT2D eigenvalue weighted by Crippen LogP contribution is -2.37. The number of rotatable bonds is 5. The maximum Gasteiger partial charge on any atom is 0.317 e. The molecule has 0 saturated carbocycles. The van der Waals surface area contributed by atoms with Crippen LogP contribution < -0.4 is 5.32 Å². The Labute approximate surface area is 121 Å². The summed E-state index contributed by atoms with van der Waals surface area (Å²) < 4.78 is 0. The number of carbonyl (C=O) groups is 2. The number of amides is 2. The number of carboxylic acid groups (broad SMARTS) is 1. The van der Waals surface area contributed by atoms with Gasteiger partial charge in [-0.3, -0.25) is 4.79 Å². The van der Waals surface area contributed by atoms with Gasteiger partial charge in [-0.1, -0.05) is 35.3 Å². The molecule has 1 rings (SSSR count). The number of carbonyl (C=O) groups excluding carboxylic acids is 1. The van der Waals surface area contributed by atoms with Crippen molar-refractivity contribution in [3.05, 3.63) is 33.8 Å². The summed E-state index contributed by atoms with van der Waals surface area (Å²) in [7, 11) is 1.59. The zero-order chi connectivity index (χ0) is 14.4. The molecule has 2 N–H and O–H groups in total. The minimum Gasteiger partial charge on any atom is -0.481 e. The molecule has 5 nitrogen and oxygen atoms in total. The first kappa shape index (κ1) is 15.6. The summed E-state index contributed by atoms with van der Waals surface area (Å²) >= 11 is 11.9. The highest BCUT2D eigenvalue weighted by molar-refractivity contribution is 6.42. The van der Waals surface area contributed by atoms with Crippen molar-refractivity contribution in [2.75, 3.05) is 13.6 Å². The molecule has 0 spiro atoms. The van der Waals surface area contributed by atoms with Gasteiger partial charge in [-0.05, 0) is 11.6 Å². The van der Waals surface area contributed by atoms with Gasteiger partial charge in [0.25, 0.3) is 0 Å². The van der Waals surface area contributed by atoms with Gasteiger partial charge >= 0.3 is 12.0 Å². The number of nitrogens with one attached hydrogen (secondary N) is 1. The van der Waals surface area contributed by atoms with Crippen LogP contribution in [0.15, 0.2) is 18.2 Å². The third kappa shape index (κ3) is 4.96. The van der Waals surface area contributed by atoms with E-state index in [0.717, 1.165) is 5.56 Å². The molecule has 0 aliphatic heterocycles. The van der Waals surface area contributed by atoms with Crippen LogP contribution in [-0.2, 0) is 11.3 Å². The first-order valence-electron chi connectivity index (χ1n) is 5.55. The van der Waals surface area contributed by atoms with E-state index in [4.69, 9.17) is 28.3 Å². The second-order valence-corrected chi connectivity index (χ2v) is 4.73. The van der Waals surface area contributed by atoms with Gasteiger partial charge in [0.1, 0.15) is 0 Å². The molecule has 1 aromatic carbocycles. The Morgan fingerprint density at radius 1 is 1.37 bits per heavy atom. The van der Waals surface area contributed by atoms with E-state index in [-0.39, 0.29) is 25.5 Å². The zero-order valence-electron chi connectivity index (χ0n) is 10.3. The molecule has 0 aromatic heterocycles. The molecule has 2 amide bonds. The van der Waals surface area contributed by atoms with E-state index >= 15 is 0 Å². The number of hydrogen-bond donors (Lipinski definition) is 2. The number of benzene rings is 1. The van der Waals surface area contributed by atoms with Gasteiger partial charge in [0.05, 0.1) is 16.5 Å². The number of hydrogen-bond acceptors (Lipinski definition) is 2. The van der Waals surface area contributed by atoms with Crippen LogP contribution in [0.3, 0.4) is 0 Å². The molecular weight excluding hydrogens is 291 g/mol. The molecule has 0 bridgehead atoms. The average Bonchev–Trinajstić information content (AvgIpc) is 2.34. The molecule has 0 heterocycles. The van der Waals surface area contributed by atoms with Gasteiger partial charge in [-0.2, -0.15) is 0 Å². The smallest absolute Gasteiger partial charge is 0.317 e. The fourth-order valence-corrected chi connectivity index (χ4v) is 1.79. The summed E-state index contributed by atoms with van der Waals surface area (Å²) in [6.07, 6.45) is -0.114. The highest BCUT2D eigenvalue weighted by Crippen LogP contribution is 2.26.